The molecule has 0 aliphatic carbocycles. The first-order valence-corrected chi connectivity index (χ1v) is 18.4. The van der Waals surface area contributed by atoms with Gasteiger partial charge >= 0.3 is 0 Å². The number of nitrogens with two attached hydrogens (primary N) is 1. The van der Waals surface area contributed by atoms with E-state index < -0.39 is 0 Å². The lowest BCUT2D eigenvalue weighted by Crippen LogP contribution is -2.02. The van der Waals surface area contributed by atoms with Crippen molar-refractivity contribution in [1.82, 2.24) is 4.57 Å². The molecular formula is C50H35N3O2. The molecule has 9 aromatic rings. The Morgan fingerprint density at radius 2 is 1.18 bits per heavy atom. The molecule has 0 saturated heterocycles. The minimum atomic E-state index is -0.217. The maximum Gasteiger partial charge on any atom is 0.194 e. The van der Waals surface area contributed by atoms with E-state index in [-0.39, 0.29) is 6.04 Å². The van der Waals surface area contributed by atoms with E-state index in [9.17, 15) is 0 Å². The highest BCUT2D eigenvalue weighted by Gasteiger charge is 2.27. The van der Waals surface area contributed by atoms with Crippen LogP contribution in [0.2, 0.25) is 0 Å². The van der Waals surface area contributed by atoms with Gasteiger partial charge in [0.2, 0.25) is 0 Å². The molecule has 2 N–H and O–H groups in total. The number of aromatic nitrogens is 1. The van der Waals surface area contributed by atoms with Crippen LogP contribution in [-0.4, -0.2) is 10.8 Å². The molecule has 262 valence electrons. The molecule has 0 saturated carbocycles. The average molecular weight is 710 g/mol. The number of aliphatic imine (C=N–C) groups is 1. The first-order chi connectivity index (χ1) is 27.2. The van der Waals surface area contributed by atoms with Gasteiger partial charge in [0, 0.05) is 33.8 Å². The number of benzene rings is 8. The molecule has 1 unspecified atom stereocenters. The zero-order valence-electron chi connectivity index (χ0n) is 29.8. The van der Waals surface area contributed by atoms with E-state index in [2.05, 4.69) is 114 Å². The molecule has 1 aliphatic heterocycles. The van der Waals surface area contributed by atoms with Gasteiger partial charge in [0.15, 0.2) is 23.0 Å². The molecule has 8 aromatic carbocycles. The second kappa shape index (κ2) is 13.6. The predicted octanol–water partition coefficient (Wildman–Crippen LogP) is 12.7. The summed E-state index contributed by atoms with van der Waals surface area (Å²) in [5.41, 5.74) is 15.6. The van der Waals surface area contributed by atoms with Crippen molar-refractivity contribution in [3.8, 4) is 39.8 Å². The van der Waals surface area contributed by atoms with Crippen LogP contribution in [0.1, 0.15) is 22.7 Å². The first kappa shape index (κ1) is 32.3. The lowest BCUT2D eigenvalue weighted by Gasteiger charge is -2.23. The number of rotatable bonds is 7. The molecule has 2 heterocycles. The molecule has 0 bridgehead atoms. The summed E-state index contributed by atoms with van der Waals surface area (Å²) in [6.45, 7) is 0. The van der Waals surface area contributed by atoms with Crippen LogP contribution in [0.4, 0.5) is 0 Å². The second-order valence-electron chi connectivity index (χ2n) is 13.8. The third-order valence-corrected chi connectivity index (χ3v) is 10.4. The zero-order chi connectivity index (χ0) is 36.7. The summed E-state index contributed by atoms with van der Waals surface area (Å²) < 4.78 is 15.6. The lowest BCUT2D eigenvalue weighted by atomic mass is 10.0. The smallest absolute Gasteiger partial charge is 0.194 e. The molecule has 0 radical (unpaired) electrons. The highest BCUT2D eigenvalue weighted by Crippen LogP contribution is 2.52. The van der Waals surface area contributed by atoms with Gasteiger partial charge in [-0.2, -0.15) is 0 Å². The third-order valence-electron chi connectivity index (χ3n) is 10.4. The number of nitrogens with zero attached hydrogens (tertiary/aromatic N) is 2. The molecule has 1 aromatic heterocycles. The summed E-state index contributed by atoms with van der Waals surface area (Å²) in [5, 5.41) is 4.39. The SMILES string of the molecule is N/C(=C\C(/N=C/c1ccc(-c2ccc(-n3c4ccccc4c4ccc5c(c43)Oc3c(ccc4ccccc34)O5)cc2)cc1)c1ccccc1)c1ccccc1. The van der Waals surface area contributed by atoms with E-state index in [0.29, 0.717) is 17.2 Å². The van der Waals surface area contributed by atoms with E-state index in [0.717, 1.165) is 77.6 Å². The van der Waals surface area contributed by atoms with Gasteiger partial charge < -0.3 is 19.8 Å². The molecule has 0 fully saturated rings. The number of hydrogen-bond acceptors (Lipinski definition) is 4. The molecule has 1 atom stereocenters. The van der Waals surface area contributed by atoms with E-state index in [4.69, 9.17) is 20.2 Å². The second-order valence-corrected chi connectivity index (χ2v) is 13.8. The predicted molar refractivity (Wildman–Crippen MR) is 226 cm³/mol. The summed E-state index contributed by atoms with van der Waals surface area (Å²) in [5.74, 6) is 2.87. The van der Waals surface area contributed by atoms with Gasteiger partial charge in [-0.25, -0.2) is 0 Å². The van der Waals surface area contributed by atoms with E-state index >= 15 is 0 Å². The number of para-hydroxylation sites is 1. The maximum absolute atomic E-state index is 6.83. The van der Waals surface area contributed by atoms with E-state index in [1.165, 1.54) is 0 Å². The van der Waals surface area contributed by atoms with Crippen molar-refractivity contribution in [2.45, 2.75) is 6.04 Å². The van der Waals surface area contributed by atoms with E-state index in [1.807, 2.05) is 85.1 Å². The Hall–Kier alpha value is -7.37. The van der Waals surface area contributed by atoms with Gasteiger partial charge in [0.05, 0.1) is 11.6 Å². The van der Waals surface area contributed by atoms with Crippen molar-refractivity contribution < 1.29 is 9.47 Å². The van der Waals surface area contributed by atoms with Gasteiger partial charge in [-0.05, 0) is 75.7 Å². The Balaban J connectivity index is 0.971. The summed E-state index contributed by atoms with van der Waals surface area (Å²) in [4.78, 5) is 4.98. The summed E-state index contributed by atoms with van der Waals surface area (Å²) in [6.07, 6.45) is 3.94. The normalized spacial score (nSPS) is 13.1. The van der Waals surface area contributed by atoms with Crippen molar-refractivity contribution in [2.24, 2.45) is 10.7 Å². The molecule has 1 aliphatic rings. The minimum Gasteiger partial charge on any atom is -0.449 e. The van der Waals surface area contributed by atoms with Crippen molar-refractivity contribution in [3.63, 3.8) is 0 Å². The number of fused-ring (bicyclic) bond motifs is 8. The minimum absolute atomic E-state index is 0.217. The topological polar surface area (TPSA) is 61.8 Å². The van der Waals surface area contributed by atoms with Crippen LogP contribution in [0, 0.1) is 0 Å². The van der Waals surface area contributed by atoms with Crippen molar-refractivity contribution in [1.29, 1.82) is 0 Å². The number of hydrogen-bond donors (Lipinski definition) is 1. The molecule has 0 amide bonds. The maximum atomic E-state index is 6.83. The molecule has 5 nitrogen and oxygen atoms in total. The van der Waals surface area contributed by atoms with Crippen molar-refractivity contribution in [2.75, 3.05) is 0 Å². The average Bonchev–Trinajstić information content (AvgIpc) is 3.60. The Morgan fingerprint density at radius 3 is 1.96 bits per heavy atom. The molecule has 0 spiro atoms. The molecule has 55 heavy (non-hydrogen) atoms. The van der Waals surface area contributed by atoms with Crippen LogP contribution >= 0.6 is 0 Å². The van der Waals surface area contributed by atoms with Gasteiger partial charge in [-0.3, -0.25) is 4.99 Å². The Kier molecular flexibility index (Phi) is 7.96. The van der Waals surface area contributed by atoms with Gasteiger partial charge in [-0.15, -0.1) is 0 Å². The summed E-state index contributed by atoms with van der Waals surface area (Å²) in [7, 11) is 0. The summed E-state index contributed by atoms with van der Waals surface area (Å²) in [6, 6.07) is 62.2. The summed E-state index contributed by atoms with van der Waals surface area (Å²) >= 11 is 0. The van der Waals surface area contributed by atoms with Gasteiger partial charge in [-0.1, -0.05) is 146 Å². The van der Waals surface area contributed by atoms with Crippen LogP contribution < -0.4 is 15.2 Å². The monoisotopic (exact) mass is 709 g/mol. The Labute approximate surface area is 318 Å². The highest BCUT2D eigenvalue weighted by molar-refractivity contribution is 6.12. The van der Waals surface area contributed by atoms with E-state index in [1.54, 1.807) is 0 Å². The quantitative estimate of drug-likeness (QED) is 0.168. The first-order valence-electron chi connectivity index (χ1n) is 18.4. The van der Waals surface area contributed by atoms with Crippen LogP contribution in [0.5, 0.6) is 23.0 Å². The lowest BCUT2D eigenvalue weighted by molar-refractivity contribution is 0.366. The molecule has 5 heteroatoms. The largest absolute Gasteiger partial charge is 0.449 e. The van der Waals surface area contributed by atoms with Crippen LogP contribution in [0.15, 0.2) is 193 Å². The zero-order valence-corrected chi connectivity index (χ0v) is 29.8. The Bertz CT molecular complexity index is 2910. The highest BCUT2D eigenvalue weighted by atomic mass is 16.6. The standard InChI is InChI=1S/C50H35N3O2/c51-43(37-12-3-1-4-13-37)31-44(38-14-5-2-6-15-38)52-32-33-19-21-34(22-20-33)35-23-26-39(27-24-35)53-45-18-10-9-17-41(45)42-28-30-47-50(48(42)53)55-49-40-16-8-7-11-36(40)25-29-46(49)54-47/h1-32,44H,51H2/b43-31-,52-32+. The molecular weight excluding hydrogens is 675 g/mol. The fourth-order valence-corrected chi connectivity index (χ4v) is 7.59. The van der Waals surface area contributed by atoms with Crippen LogP contribution in [0.25, 0.3) is 55.1 Å². The van der Waals surface area contributed by atoms with Gasteiger partial charge in [0.25, 0.3) is 0 Å². The fourth-order valence-electron chi connectivity index (χ4n) is 7.59. The Morgan fingerprint density at radius 1 is 0.545 bits per heavy atom. The van der Waals surface area contributed by atoms with Gasteiger partial charge in [0.1, 0.15) is 5.52 Å². The third kappa shape index (κ3) is 5.88. The number of ether oxygens (including phenoxy) is 2. The van der Waals surface area contributed by atoms with Crippen molar-refractivity contribution >= 4 is 44.5 Å². The fraction of sp³-hybridized carbons (Fsp3) is 0.0200. The van der Waals surface area contributed by atoms with Crippen LogP contribution in [-0.2, 0) is 0 Å². The molecule has 10 rings (SSSR count). The van der Waals surface area contributed by atoms with Crippen molar-refractivity contribution in [3.05, 3.63) is 205 Å². The van der Waals surface area contributed by atoms with Crippen LogP contribution in [0.3, 0.4) is 0 Å².